The topological polar surface area (TPSA) is 82.1 Å². The van der Waals surface area contributed by atoms with Crippen molar-refractivity contribution in [3.8, 4) is 11.5 Å². The summed E-state index contributed by atoms with van der Waals surface area (Å²) in [4.78, 5) is 23.9. The molecule has 6 nitrogen and oxygen atoms in total. The summed E-state index contributed by atoms with van der Waals surface area (Å²) in [7, 11) is 0. The summed E-state index contributed by atoms with van der Waals surface area (Å²) < 4.78 is 17.8. The second-order valence-corrected chi connectivity index (χ2v) is 9.82. The van der Waals surface area contributed by atoms with Gasteiger partial charge in [0.1, 0.15) is 23.2 Å². The lowest BCUT2D eigenvalue weighted by molar-refractivity contribution is -0.184. The predicted octanol–water partition coefficient (Wildman–Crippen LogP) is 4.69. The average molecular weight is 433 g/mol. The highest BCUT2D eigenvalue weighted by Gasteiger charge is 2.57. The van der Waals surface area contributed by atoms with E-state index in [9.17, 15) is 14.7 Å². The predicted molar refractivity (Wildman–Crippen MR) is 117 cm³/mol. The third-order valence-corrected chi connectivity index (χ3v) is 6.71. The monoisotopic (exact) mass is 432 g/mol. The lowest BCUT2D eigenvalue weighted by Crippen LogP contribution is -2.58. The molecule has 3 rings (SSSR count). The Morgan fingerprint density at radius 1 is 1.16 bits per heavy atom. The van der Waals surface area contributed by atoms with Crippen LogP contribution >= 0.6 is 0 Å². The normalized spacial score (nSPS) is 28.7. The largest absolute Gasteiger partial charge is 0.487 e. The number of aliphatic hydroxyl groups is 1. The molecule has 2 aliphatic rings. The maximum atomic E-state index is 12.0. The zero-order chi connectivity index (χ0) is 23.0. The highest BCUT2D eigenvalue weighted by molar-refractivity contribution is 5.71. The molecule has 1 aromatic carbocycles. The minimum Gasteiger partial charge on any atom is -0.487 e. The van der Waals surface area contributed by atoms with Crippen LogP contribution in [0.15, 0.2) is 12.1 Å². The lowest BCUT2D eigenvalue weighted by atomic mass is 9.61. The molecule has 1 aromatic rings. The van der Waals surface area contributed by atoms with E-state index in [-0.39, 0.29) is 11.8 Å². The Morgan fingerprint density at radius 2 is 1.87 bits per heavy atom. The van der Waals surface area contributed by atoms with E-state index in [4.69, 9.17) is 14.2 Å². The molecular formula is C25H36O6. The van der Waals surface area contributed by atoms with Gasteiger partial charge in [-0.1, -0.05) is 19.8 Å². The zero-order valence-corrected chi connectivity index (χ0v) is 19.6. The molecule has 0 amide bonds. The second kappa shape index (κ2) is 8.81. The number of fused-ring (bicyclic) bond motifs is 3. The summed E-state index contributed by atoms with van der Waals surface area (Å²) in [6.45, 7) is 10.7. The number of carbonyl (C=O) groups excluding carboxylic acids is 2. The smallest absolute Gasteiger partial charge is 0.308 e. The quantitative estimate of drug-likeness (QED) is 0.399. The number of ether oxygens (including phenoxy) is 3. The SMILES string of the molecule is CCCCCc1cc(OC(C)=O)c2c(c1)OC(C)(C)C1CCC(C)(O)C(OC(C)=O)C21. The average Bonchev–Trinajstić information content (AvgIpc) is 2.62. The molecule has 0 radical (unpaired) electrons. The number of benzene rings is 1. The van der Waals surface area contributed by atoms with E-state index in [1.54, 1.807) is 6.92 Å². The minimum absolute atomic E-state index is 0.00942. The molecule has 172 valence electrons. The van der Waals surface area contributed by atoms with Crippen LogP contribution < -0.4 is 9.47 Å². The molecular weight excluding hydrogens is 396 g/mol. The third-order valence-electron chi connectivity index (χ3n) is 6.71. The lowest BCUT2D eigenvalue weighted by Gasteiger charge is -2.53. The van der Waals surface area contributed by atoms with Gasteiger partial charge in [-0.25, -0.2) is 0 Å². The van der Waals surface area contributed by atoms with E-state index >= 15 is 0 Å². The number of carbonyl (C=O) groups is 2. The van der Waals surface area contributed by atoms with Crippen molar-refractivity contribution in [2.24, 2.45) is 5.92 Å². The maximum absolute atomic E-state index is 12.0. The van der Waals surface area contributed by atoms with E-state index < -0.39 is 29.2 Å². The molecule has 6 heteroatoms. The first-order valence-electron chi connectivity index (χ1n) is 11.4. The van der Waals surface area contributed by atoms with Crippen LogP contribution in [0.3, 0.4) is 0 Å². The molecule has 4 unspecified atom stereocenters. The fourth-order valence-electron chi connectivity index (χ4n) is 5.27. The third kappa shape index (κ3) is 4.89. The van der Waals surface area contributed by atoms with Crippen molar-refractivity contribution < 1.29 is 28.9 Å². The number of esters is 2. The van der Waals surface area contributed by atoms with Gasteiger partial charge in [-0.05, 0) is 64.2 Å². The van der Waals surface area contributed by atoms with Gasteiger partial charge in [0.2, 0.25) is 0 Å². The molecule has 0 saturated heterocycles. The second-order valence-electron chi connectivity index (χ2n) is 9.82. The van der Waals surface area contributed by atoms with Crippen molar-refractivity contribution in [3.63, 3.8) is 0 Å². The van der Waals surface area contributed by atoms with Crippen LogP contribution in [0.4, 0.5) is 0 Å². The van der Waals surface area contributed by atoms with Gasteiger partial charge in [-0.3, -0.25) is 9.59 Å². The van der Waals surface area contributed by atoms with E-state index in [1.165, 1.54) is 13.8 Å². The highest BCUT2D eigenvalue weighted by atomic mass is 16.6. The van der Waals surface area contributed by atoms with Crippen LogP contribution in [0.5, 0.6) is 11.5 Å². The van der Waals surface area contributed by atoms with E-state index in [0.717, 1.165) is 31.2 Å². The summed E-state index contributed by atoms with van der Waals surface area (Å²) in [5, 5.41) is 11.2. The van der Waals surface area contributed by atoms with Gasteiger partial charge in [-0.15, -0.1) is 0 Å². The molecule has 1 fully saturated rings. The van der Waals surface area contributed by atoms with Crippen molar-refractivity contribution >= 4 is 11.9 Å². The number of aryl methyl sites for hydroxylation is 1. The van der Waals surface area contributed by atoms with Crippen LogP contribution in [0.1, 0.15) is 90.7 Å². The van der Waals surface area contributed by atoms with Gasteiger partial charge in [0.15, 0.2) is 0 Å². The molecule has 1 aliphatic carbocycles. The Kier molecular flexibility index (Phi) is 6.70. The summed E-state index contributed by atoms with van der Waals surface area (Å²) in [5.74, 6) is -0.124. The van der Waals surface area contributed by atoms with Gasteiger partial charge >= 0.3 is 11.9 Å². The first-order chi connectivity index (χ1) is 14.5. The van der Waals surface area contributed by atoms with E-state index in [2.05, 4.69) is 6.92 Å². The fraction of sp³-hybridized carbons (Fsp3) is 0.680. The Balaban J connectivity index is 2.17. The number of hydrogen-bond acceptors (Lipinski definition) is 6. The minimum atomic E-state index is -1.19. The molecule has 1 N–H and O–H groups in total. The molecule has 0 bridgehead atoms. The first kappa shape index (κ1) is 23.6. The molecule has 4 atom stereocenters. The zero-order valence-electron chi connectivity index (χ0n) is 19.6. The van der Waals surface area contributed by atoms with Crippen LogP contribution in [-0.4, -0.2) is 34.4 Å². The van der Waals surface area contributed by atoms with Gasteiger partial charge in [0.25, 0.3) is 0 Å². The Labute approximate surface area is 185 Å². The standard InChI is InChI=1S/C25H36O6/c1-7-8-9-10-17-13-19(29-15(2)26)22-20(14-17)31-24(4,5)18-11-12-25(6,28)23(21(18)22)30-16(3)27/h13-14,18,21,23,28H,7-12H2,1-6H3. The van der Waals surface area contributed by atoms with Gasteiger partial charge in [0.05, 0.1) is 5.60 Å². The maximum Gasteiger partial charge on any atom is 0.308 e. The molecule has 0 spiro atoms. The fourth-order valence-corrected chi connectivity index (χ4v) is 5.27. The van der Waals surface area contributed by atoms with Gasteiger partial charge in [-0.2, -0.15) is 0 Å². The van der Waals surface area contributed by atoms with Crippen LogP contribution in [0, 0.1) is 5.92 Å². The Hall–Kier alpha value is -2.08. The number of hydrogen-bond donors (Lipinski definition) is 1. The van der Waals surface area contributed by atoms with Crippen molar-refractivity contribution in [2.75, 3.05) is 0 Å². The molecule has 31 heavy (non-hydrogen) atoms. The number of rotatable bonds is 6. The van der Waals surface area contributed by atoms with Crippen molar-refractivity contribution in [1.82, 2.24) is 0 Å². The molecule has 1 heterocycles. The molecule has 1 saturated carbocycles. The van der Waals surface area contributed by atoms with E-state index in [0.29, 0.717) is 29.9 Å². The summed E-state index contributed by atoms with van der Waals surface area (Å²) in [6.07, 6.45) is 4.58. The Bertz CT molecular complexity index is 841. The van der Waals surface area contributed by atoms with Crippen molar-refractivity contribution in [3.05, 3.63) is 23.3 Å². The number of unbranched alkanes of at least 4 members (excludes halogenated alkanes) is 2. The van der Waals surface area contributed by atoms with Crippen molar-refractivity contribution in [2.45, 2.75) is 103 Å². The first-order valence-corrected chi connectivity index (χ1v) is 11.4. The summed E-state index contributed by atoms with van der Waals surface area (Å²) in [5.41, 5.74) is 0.0433. The summed E-state index contributed by atoms with van der Waals surface area (Å²) in [6, 6.07) is 3.92. The van der Waals surface area contributed by atoms with Crippen LogP contribution in [0.25, 0.3) is 0 Å². The van der Waals surface area contributed by atoms with Gasteiger partial charge < -0.3 is 19.3 Å². The van der Waals surface area contributed by atoms with Gasteiger partial charge in [0, 0.05) is 31.2 Å². The summed E-state index contributed by atoms with van der Waals surface area (Å²) >= 11 is 0. The highest BCUT2D eigenvalue weighted by Crippen LogP contribution is 2.57. The van der Waals surface area contributed by atoms with Crippen LogP contribution in [-0.2, 0) is 20.7 Å². The molecule has 1 aliphatic heterocycles. The van der Waals surface area contributed by atoms with Crippen molar-refractivity contribution in [1.29, 1.82) is 0 Å². The Morgan fingerprint density at radius 3 is 2.48 bits per heavy atom. The molecule has 0 aromatic heterocycles. The van der Waals surface area contributed by atoms with Crippen LogP contribution in [0.2, 0.25) is 0 Å². The van der Waals surface area contributed by atoms with E-state index in [1.807, 2.05) is 26.0 Å².